The quantitative estimate of drug-likeness (QED) is 0.726. The van der Waals surface area contributed by atoms with E-state index in [0.29, 0.717) is 24.3 Å². The van der Waals surface area contributed by atoms with E-state index in [4.69, 9.17) is 9.47 Å². The summed E-state index contributed by atoms with van der Waals surface area (Å²) >= 11 is 0. The zero-order valence-corrected chi connectivity index (χ0v) is 11.8. The van der Waals surface area contributed by atoms with Crippen molar-refractivity contribution in [1.29, 1.82) is 0 Å². The van der Waals surface area contributed by atoms with Gasteiger partial charge in [0.1, 0.15) is 17.2 Å². The third-order valence-electron chi connectivity index (χ3n) is 2.87. The average Bonchev–Trinajstić information content (AvgIpc) is 2.49. The van der Waals surface area contributed by atoms with Crippen LogP contribution in [0.3, 0.4) is 0 Å². The highest BCUT2D eigenvalue weighted by Gasteiger charge is 2.03. The molecule has 0 heterocycles. The predicted octanol–water partition coefficient (Wildman–Crippen LogP) is 4.47. The molecular formula is C17H18O3. The Labute approximate surface area is 119 Å². The van der Waals surface area contributed by atoms with E-state index in [1.54, 1.807) is 24.3 Å². The van der Waals surface area contributed by atoms with Crippen molar-refractivity contribution in [2.45, 2.75) is 20.3 Å². The van der Waals surface area contributed by atoms with Crippen molar-refractivity contribution < 1.29 is 14.3 Å². The minimum Gasteiger partial charge on any atom is -0.494 e. The number of ether oxygens (including phenoxy) is 2. The molecule has 3 nitrogen and oxygen atoms in total. The number of benzene rings is 2. The third-order valence-corrected chi connectivity index (χ3v) is 2.87. The summed E-state index contributed by atoms with van der Waals surface area (Å²) in [7, 11) is 0. The molecule has 0 unspecified atom stereocenters. The zero-order valence-electron chi connectivity index (χ0n) is 11.8. The van der Waals surface area contributed by atoms with Crippen LogP contribution in [-0.2, 0) is 0 Å². The van der Waals surface area contributed by atoms with Crippen LogP contribution in [0.15, 0.2) is 48.5 Å². The zero-order chi connectivity index (χ0) is 14.4. The summed E-state index contributed by atoms with van der Waals surface area (Å²) < 4.78 is 11.1. The Balaban J connectivity index is 2.04. The van der Waals surface area contributed by atoms with Crippen molar-refractivity contribution >= 4 is 5.78 Å². The number of rotatable bonds is 6. The average molecular weight is 270 g/mol. The van der Waals surface area contributed by atoms with Crippen LogP contribution < -0.4 is 9.47 Å². The fourth-order valence-corrected chi connectivity index (χ4v) is 1.82. The van der Waals surface area contributed by atoms with E-state index >= 15 is 0 Å². The van der Waals surface area contributed by atoms with Gasteiger partial charge in [-0.2, -0.15) is 0 Å². The van der Waals surface area contributed by atoms with Gasteiger partial charge in [0.05, 0.1) is 6.61 Å². The van der Waals surface area contributed by atoms with E-state index in [9.17, 15) is 4.79 Å². The molecular weight excluding hydrogens is 252 g/mol. The molecule has 0 spiro atoms. The summed E-state index contributed by atoms with van der Waals surface area (Å²) in [4.78, 5) is 11.5. The molecule has 0 aliphatic carbocycles. The molecule has 0 atom stereocenters. The molecule has 0 aliphatic rings. The standard InChI is InChI=1S/C17H18O3/c1-3-17(18)13-5-7-15(8-6-13)20-16-11-9-14(10-12-16)19-4-2/h5-12H,3-4H2,1-2H3. The Hall–Kier alpha value is -2.29. The maximum Gasteiger partial charge on any atom is 0.162 e. The lowest BCUT2D eigenvalue weighted by molar-refractivity contribution is 0.0988. The van der Waals surface area contributed by atoms with Crippen LogP contribution in [0.25, 0.3) is 0 Å². The molecule has 0 radical (unpaired) electrons. The minimum atomic E-state index is 0.137. The van der Waals surface area contributed by atoms with E-state index in [1.165, 1.54) is 0 Å². The molecule has 0 bridgehead atoms. The number of hydrogen-bond donors (Lipinski definition) is 0. The summed E-state index contributed by atoms with van der Waals surface area (Å²) in [6.07, 6.45) is 0.513. The van der Waals surface area contributed by atoms with Gasteiger partial charge in [-0.1, -0.05) is 6.92 Å². The second-order valence-electron chi connectivity index (χ2n) is 4.31. The Bertz CT molecular complexity index is 556. The second kappa shape index (κ2) is 6.75. The largest absolute Gasteiger partial charge is 0.494 e. The molecule has 20 heavy (non-hydrogen) atoms. The van der Waals surface area contributed by atoms with Crippen LogP contribution in [0, 0.1) is 0 Å². The van der Waals surface area contributed by atoms with E-state index in [2.05, 4.69) is 0 Å². The van der Waals surface area contributed by atoms with Gasteiger partial charge in [-0.15, -0.1) is 0 Å². The normalized spacial score (nSPS) is 10.1. The van der Waals surface area contributed by atoms with Crippen molar-refractivity contribution in [1.82, 2.24) is 0 Å². The highest BCUT2D eigenvalue weighted by Crippen LogP contribution is 2.24. The molecule has 0 N–H and O–H groups in total. The maximum atomic E-state index is 11.5. The fourth-order valence-electron chi connectivity index (χ4n) is 1.82. The van der Waals surface area contributed by atoms with Gasteiger partial charge >= 0.3 is 0 Å². The van der Waals surface area contributed by atoms with Crippen LogP contribution >= 0.6 is 0 Å². The number of ketones is 1. The van der Waals surface area contributed by atoms with E-state index in [1.807, 2.05) is 38.1 Å². The lowest BCUT2D eigenvalue weighted by atomic mass is 10.1. The van der Waals surface area contributed by atoms with Gasteiger partial charge in [-0.3, -0.25) is 4.79 Å². The summed E-state index contributed by atoms with van der Waals surface area (Å²) in [6, 6.07) is 14.6. The van der Waals surface area contributed by atoms with Crippen LogP contribution in [0.5, 0.6) is 17.2 Å². The molecule has 104 valence electrons. The Morgan fingerprint density at radius 1 is 0.850 bits per heavy atom. The summed E-state index contributed by atoms with van der Waals surface area (Å²) in [5, 5.41) is 0. The summed E-state index contributed by atoms with van der Waals surface area (Å²) in [6.45, 7) is 4.45. The van der Waals surface area contributed by atoms with E-state index in [-0.39, 0.29) is 5.78 Å². The summed E-state index contributed by atoms with van der Waals surface area (Å²) in [5.74, 6) is 2.41. The third kappa shape index (κ3) is 3.60. The van der Waals surface area contributed by atoms with Crippen molar-refractivity contribution in [3.05, 3.63) is 54.1 Å². The predicted molar refractivity (Wildman–Crippen MR) is 78.7 cm³/mol. The smallest absolute Gasteiger partial charge is 0.162 e. The highest BCUT2D eigenvalue weighted by atomic mass is 16.5. The van der Waals surface area contributed by atoms with Gasteiger partial charge < -0.3 is 9.47 Å². The van der Waals surface area contributed by atoms with Crippen LogP contribution in [0.1, 0.15) is 30.6 Å². The first-order chi connectivity index (χ1) is 9.72. The number of carbonyl (C=O) groups excluding carboxylic acids is 1. The first kappa shape index (κ1) is 14.1. The lowest BCUT2D eigenvalue weighted by Crippen LogP contribution is -1.95. The monoisotopic (exact) mass is 270 g/mol. The topological polar surface area (TPSA) is 35.5 Å². The molecule has 3 heteroatoms. The van der Waals surface area contributed by atoms with Crippen molar-refractivity contribution in [2.75, 3.05) is 6.61 Å². The molecule has 0 aliphatic heterocycles. The molecule has 2 rings (SSSR count). The van der Waals surface area contributed by atoms with Gasteiger partial charge in [0, 0.05) is 12.0 Å². The maximum absolute atomic E-state index is 11.5. The Kier molecular flexibility index (Phi) is 4.77. The molecule has 0 fully saturated rings. The van der Waals surface area contributed by atoms with Gasteiger partial charge in [0.15, 0.2) is 5.78 Å². The Morgan fingerprint density at radius 2 is 1.35 bits per heavy atom. The molecule has 2 aromatic carbocycles. The van der Waals surface area contributed by atoms with E-state index < -0.39 is 0 Å². The van der Waals surface area contributed by atoms with Crippen LogP contribution in [0.2, 0.25) is 0 Å². The summed E-state index contributed by atoms with van der Waals surface area (Å²) in [5.41, 5.74) is 0.714. The van der Waals surface area contributed by atoms with Gasteiger partial charge in [0.25, 0.3) is 0 Å². The first-order valence-corrected chi connectivity index (χ1v) is 6.77. The van der Waals surface area contributed by atoms with Gasteiger partial charge in [0.2, 0.25) is 0 Å². The van der Waals surface area contributed by atoms with Crippen LogP contribution in [-0.4, -0.2) is 12.4 Å². The number of carbonyl (C=O) groups is 1. The molecule has 2 aromatic rings. The highest BCUT2D eigenvalue weighted by molar-refractivity contribution is 5.95. The number of hydrogen-bond acceptors (Lipinski definition) is 3. The fraction of sp³-hybridized carbons (Fsp3) is 0.235. The molecule has 0 saturated carbocycles. The molecule has 0 aromatic heterocycles. The van der Waals surface area contributed by atoms with Gasteiger partial charge in [-0.25, -0.2) is 0 Å². The Morgan fingerprint density at radius 3 is 1.85 bits per heavy atom. The van der Waals surface area contributed by atoms with Gasteiger partial charge in [-0.05, 0) is 55.5 Å². The molecule has 0 amide bonds. The lowest BCUT2D eigenvalue weighted by Gasteiger charge is -2.08. The first-order valence-electron chi connectivity index (χ1n) is 6.77. The number of Topliss-reactive ketones (excluding diaryl/α,β-unsaturated/α-hetero) is 1. The van der Waals surface area contributed by atoms with E-state index in [0.717, 1.165) is 11.5 Å². The SMILES string of the molecule is CCOc1ccc(Oc2ccc(C(=O)CC)cc2)cc1. The minimum absolute atomic E-state index is 0.137. The molecule has 0 saturated heterocycles. The van der Waals surface area contributed by atoms with Crippen LogP contribution in [0.4, 0.5) is 0 Å². The van der Waals surface area contributed by atoms with Crippen molar-refractivity contribution in [3.8, 4) is 17.2 Å². The second-order valence-corrected chi connectivity index (χ2v) is 4.31. The van der Waals surface area contributed by atoms with Crippen molar-refractivity contribution in [2.24, 2.45) is 0 Å². The van der Waals surface area contributed by atoms with Crippen molar-refractivity contribution in [3.63, 3.8) is 0 Å².